The summed E-state index contributed by atoms with van der Waals surface area (Å²) < 4.78 is 34.1. The van der Waals surface area contributed by atoms with Crippen molar-refractivity contribution in [2.24, 2.45) is 0 Å². The molecule has 0 rings (SSSR count). The summed E-state index contributed by atoms with van der Waals surface area (Å²) in [6.45, 7) is 4.11. The molecule has 0 aromatic heterocycles. The first-order valence-corrected chi connectivity index (χ1v) is 32.8. The van der Waals surface area contributed by atoms with E-state index < -0.39 is 26.5 Å². The maximum Gasteiger partial charge on any atom is 0.306 e. The molecule has 0 aliphatic heterocycles. The number of unbranched alkanes of at least 4 members (excludes halogenated alkanes) is 36. The monoisotopic (exact) mass is 1060 g/mol. The topological polar surface area (TPSA) is 111 Å². The predicted molar refractivity (Wildman–Crippen MR) is 314 cm³/mol. The first-order valence-electron chi connectivity index (χ1n) is 31.3. The van der Waals surface area contributed by atoms with Gasteiger partial charge in [-0.2, -0.15) is 0 Å². The number of ether oxygens (including phenoxy) is 2. The molecule has 0 fully saturated rings. The first-order chi connectivity index (χ1) is 36.0. The van der Waals surface area contributed by atoms with Crippen LogP contribution in [-0.2, 0) is 32.7 Å². The summed E-state index contributed by atoms with van der Waals surface area (Å²) in [5, 5.41) is 0. The van der Waals surface area contributed by atoms with Crippen LogP contribution in [0.25, 0.3) is 0 Å². The molecule has 74 heavy (non-hydrogen) atoms. The number of hydrogen-bond acceptors (Lipinski definition) is 8. The Morgan fingerprint density at radius 3 is 1.18 bits per heavy atom. The molecule has 0 N–H and O–H groups in total. The van der Waals surface area contributed by atoms with Gasteiger partial charge in [0.25, 0.3) is 7.82 Å². The maximum absolute atomic E-state index is 12.7. The quantitative estimate of drug-likeness (QED) is 0.0195. The second-order valence-electron chi connectivity index (χ2n) is 22.4. The highest BCUT2D eigenvalue weighted by atomic mass is 31.2. The third-order valence-electron chi connectivity index (χ3n) is 13.8. The molecule has 0 radical (unpaired) electrons. The van der Waals surface area contributed by atoms with E-state index in [9.17, 15) is 19.0 Å². The Labute approximate surface area is 458 Å². The largest absolute Gasteiger partial charge is 0.756 e. The maximum atomic E-state index is 12.7. The zero-order valence-electron chi connectivity index (χ0n) is 49.3. The van der Waals surface area contributed by atoms with Crippen LogP contribution in [0.4, 0.5) is 0 Å². The van der Waals surface area contributed by atoms with Crippen LogP contribution in [0.15, 0.2) is 48.6 Å². The second-order valence-corrected chi connectivity index (χ2v) is 23.8. The minimum atomic E-state index is -4.64. The molecular weight excluding hydrogens is 942 g/mol. The van der Waals surface area contributed by atoms with E-state index in [0.717, 1.165) is 57.8 Å². The molecule has 434 valence electrons. The van der Waals surface area contributed by atoms with E-state index in [2.05, 4.69) is 62.5 Å². The lowest BCUT2D eigenvalue weighted by Crippen LogP contribution is -2.37. The van der Waals surface area contributed by atoms with Crippen LogP contribution < -0.4 is 4.89 Å². The average Bonchev–Trinajstić information content (AvgIpc) is 3.36. The molecule has 10 heteroatoms. The number of likely N-dealkylation sites (N-methyl/N-ethyl adjacent to an activating group) is 1. The second kappa shape index (κ2) is 55.7. The molecule has 0 amide bonds. The standard InChI is InChI=1S/C64H120NO8P/c1-6-8-10-12-14-16-18-20-21-22-23-24-25-26-27-28-29-30-31-32-33-34-35-36-37-38-39-40-41-42-43-45-46-48-50-52-54-56-63(66)70-60-62(61-72-74(68,69)71-59-58-65(3,4)5)73-64(67)57-55-53-51-49-47-44-19-17-15-13-11-9-7-2/h9,11,15,17,22-23,44,47,62H,6-8,10,12-14,16,18-21,24-43,45-46,48-61H2,1-5H3/b11-9-,17-15-,23-22-,47-44-. The number of esters is 2. The van der Waals surface area contributed by atoms with Gasteiger partial charge in [0.2, 0.25) is 0 Å². The SMILES string of the molecule is CC/C=C\C/C=C\C/C=C\CCCCCC(=O)OC(COC(=O)CCCCCCCCCCCCCCCCCCCCCCCCCCC/C=C\CCCCCCCCCC)COP(=O)([O-])OCC[N+](C)(C)C. The lowest BCUT2D eigenvalue weighted by Gasteiger charge is -2.28. The van der Waals surface area contributed by atoms with Crippen molar-refractivity contribution in [2.45, 2.75) is 302 Å². The predicted octanol–water partition coefficient (Wildman–Crippen LogP) is 19.1. The summed E-state index contributed by atoms with van der Waals surface area (Å²) in [5.41, 5.74) is 0. The van der Waals surface area contributed by atoms with Gasteiger partial charge in [-0.3, -0.25) is 14.2 Å². The summed E-state index contributed by atoms with van der Waals surface area (Å²) in [6.07, 6.45) is 70.8. The molecule has 0 aliphatic carbocycles. The van der Waals surface area contributed by atoms with Crippen molar-refractivity contribution < 1.29 is 42.1 Å². The van der Waals surface area contributed by atoms with Crippen LogP contribution in [0.2, 0.25) is 0 Å². The van der Waals surface area contributed by atoms with Gasteiger partial charge < -0.3 is 27.9 Å². The normalized spacial score (nSPS) is 13.5. The molecular formula is C64H120NO8P. The molecule has 0 spiro atoms. The van der Waals surface area contributed by atoms with E-state index in [4.69, 9.17) is 18.5 Å². The van der Waals surface area contributed by atoms with Gasteiger partial charge >= 0.3 is 11.9 Å². The van der Waals surface area contributed by atoms with Gasteiger partial charge in [-0.1, -0.05) is 262 Å². The van der Waals surface area contributed by atoms with E-state index in [-0.39, 0.29) is 32.0 Å². The number of allylic oxidation sites excluding steroid dienone is 8. The van der Waals surface area contributed by atoms with E-state index >= 15 is 0 Å². The van der Waals surface area contributed by atoms with Crippen LogP contribution in [-0.4, -0.2) is 70.0 Å². The van der Waals surface area contributed by atoms with E-state index in [1.807, 2.05) is 21.1 Å². The van der Waals surface area contributed by atoms with Crippen LogP contribution in [0.1, 0.15) is 296 Å². The highest BCUT2D eigenvalue weighted by molar-refractivity contribution is 7.45. The van der Waals surface area contributed by atoms with E-state index in [1.165, 1.54) is 205 Å². The highest BCUT2D eigenvalue weighted by Crippen LogP contribution is 2.38. The molecule has 0 heterocycles. The Morgan fingerprint density at radius 1 is 0.432 bits per heavy atom. The van der Waals surface area contributed by atoms with Crippen LogP contribution >= 0.6 is 7.82 Å². The van der Waals surface area contributed by atoms with Crippen molar-refractivity contribution >= 4 is 19.8 Å². The number of carbonyl (C=O) groups excluding carboxylic acids is 2. The van der Waals surface area contributed by atoms with Gasteiger partial charge in [-0.25, -0.2) is 0 Å². The number of carbonyl (C=O) groups is 2. The van der Waals surface area contributed by atoms with Crippen molar-refractivity contribution in [3.8, 4) is 0 Å². The lowest BCUT2D eigenvalue weighted by molar-refractivity contribution is -0.870. The Balaban J connectivity index is 3.88. The van der Waals surface area contributed by atoms with E-state index in [0.29, 0.717) is 17.4 Å². The molecule has 2 atom stereocenters. The number of quaternary nitrogens is 1. The minimum Gasteiger partial charge on any atom is -0.756 e. The molecule has 0 aliphatic rings. The zero-order chi connectivity index (χ0) is 54.2. The van der Waals surface area contributed by atoms with Gasteiger partial charge in [-0.15, -0.1) is 0 Å². The van der Waals surface area contributed by atoms with Crippen molar-refractivity contribution in [1.82, 2.24) is 0 Å². The number of phosphoric ester groups is 1. The van der Waals surface area contributed by atoms with E-state index in [1.54, 1.807) is 0 Å². The molecule has 9 nitrogen and oxygen atoms in total. The van der Waals surface area contributed by atoms with Crippen LogP contribution in [0, 0.1) is 0 Å². The summed E-state index contributed by atoms with van der Waals surface area (Å²) in [6, 6.07) is 0. The number of nitrogens with zero attached hydrogens (tertiary/aromatic N) is 1. The first kappa shape index (κ1) is 72.0. The average molecular weight is 1060 g/mol. The Morgan fingerprint density at radius 2 is 0.770 bits per heavy atom. The van der Waals surface area contributed by atoms with Gasteiger partial charge in [0.15, 0.2) is 6.10 Å². The van der Waals surface area contributed by atoms with Gasteiger partial charge in [0.05, 0.1) is 27.7 Å². The summed E-state index contributed by atoms with van der Waals surface area (Å²) in [4.78, 5) is 37.8. The fourth-order valence-electron chi connectivity index (χ4n) is 9.02. The molecule has 0 saturated heterocycles. The number of hydrogen-bond donors (Lipinski definition) is 0. The molecule has 0 aromatic carbocycles. The van der Waals surface area contributed by atoms with Gasteiger partial charge in [0, 0.05) is 12.8 Å². The molecule has 0 bridgehead atoms. The lowest BCUT2D eigenvalue weighted by atomic mass is 10.0. The Kier molecular flexibility index (Phi) is 54.2. The Hall–Kier alpha value is -2.03. The fourth-order valence-corrected chi connectivity index (χ4v) is 9.75. The minimum absolute atomic E-state index is 0.0364. The highest BCUT2D eigenvalue weighted by Gasteiger charge is 2.22. The Bertz CT molecular complexity index is 1390. The molecule has 0 aromatic rings. The summed E-state index contributed by atoms with van der Waals surface area (Å²) in [5.74, 6) is -0.859. The third kappa shape index (κ3) is 59.2. The number of phosphoric acid groups is 1. The molecule has 0 saturated carbocycles. The fraction of sp³-hybridized carbons (Fsp3) is 0.844. The van der Waals surface area contributed by atoms with Crippen molar-refractivity contribution in [3.63, 3.8) is 0 Å². The third-order valence-corrected chi connectivity index (χ3v) is 14.8. The van der Waals surface area contributed by atoms with Gasteiger partial charge in [-0.05, 0) is 70.6 Å². The van der Waals surface area contributed by atoms with Crippen molar-refractivity contribution in [3.05, 3.63) is 48.6 Å². The smallest absolute Gasteiger partial charge is 0.306 e. The van der Waals surface area contributed by atoms with Gasteiger partial charge in [0.1, 0.15) is 19.8 Å². The summed E-state index contributed by atoms with van der Waals surface area (Å²) in [7, 11) is 1.15. The van der Waals surface area contributed by atoms with Crippen molar-refractivity contribution in [1.29, 1.82) is 0 Å². The zero-order valence-corrected chi connectivity index (χ0v) is 50.2. The number of rotatable bonds is 58. The molecule has 2 unspecified atom stereocenters. The van der Waals surface area contributed by atoms with Crippen LogP contribution in [0.3, 0.4) is 0 Å². The van der Waals surface area contributed by atoms with Crippen molar-refractivity contribution in [2.75, 3.05) is 47.5 Å². The summed E-state index contributed by atoms with van der Waals surface area (Å²) >= 11 is 0. The van der Waals surface area contributed by atoms with Crippen LogP contribution in [0.5, 0.6) is 0 Å².